The lowest BCUT2D eigenvalue weighted by Gasteiger charge is -2.32. The van der Waals surface area contributed by atoms with Crippen LogP contribution in [0.25, 0.3) is 0 Å². The first-order valence-corrected chi connectivity index (χ1v) is 8.05. The molecular formula is C13H18N2O4S. The van der Waals surface area contributed by atoms with Gasteiger partial charge in [0.2, 0.25) is 10.0 Å². The highest BCUT2D eigenvalue weighted by atomic mass is 32.2. The lowest BCUT2D eigenvalue weighted by Crippen LogP contribution is -2.42. The van der Waals surface area contributed by atoms with E-state index in [1.165, 1.54) is 16.4 Å². The van der Waals surface area contributed by atoms with E-state index < -0.39 is 14.9 Å². The van der Waals surface area contributed by atoms with Gasteiger partial charge in [0.1, 0.15) is 0 Å². The second-order valence-electron chi connectivity index (χ2n) is 5.17. The van der Waals surface area contributed by atoms with Gasteiger partial charge in [0.15, 0.2) is 0 Å². The Hall–Kier alpha value is -1.47. The molecule has 1 fully saturated rings. The Morgan fingerprint density at radius 2 is 2.05 bits per heavy atom. The Bertz CT molecular complexity index is 627. The summed E-state index contributed by atoms with van der Waals surface area (Å²) in [5.74, 6) is 0. The summed E-state index contributed by atoms with van der Waals surface area (Å²) in [7, 11) is -3.67. The Morgan fingerprint density at radius 3 is 2.65 bits per heavy atom. The van der Waals surface area contributed by atoms with Crippen LogP contribution in [0.2, 0.25) is 0 Å². The van der Waals surface area contributed by atoms with E-state index in [-0.39, 0.29) is 16.6 Å². The van der Waals surface area contributed by atoms with Gasteiger partial charge in [-0.25, -0.2) is 8.42 Å². The van der Waals surface area contributed by atoms with Gasteiger partial charge in [-0.3, -0.25) is 10.1 Å². The van der Waals surface area contributed by atoms with Gasteiger partial charge < -0.3 is 0 Å². The number of nitro benzene ring substituents is 1. The van der Waals surface area contributed by atoms with Crippen LogP contribution in [0.4, 0.5) is 5.69 Å². The SMILES string of the molecule is Cc1ccc([N+](=O)[O-])cc1S(=O)(=O)N1CCCCC1C. The first-order chi connectivity index (χ1) is 9.34. The number of non-ortho nitro benzene ring substituents is 1. The molecule has 0 N–H and O–H groups in total. The Balaban J connectivity index is 2.48. The summed E-state index contributed by atoms with van der Waals surface area (Å²) in [5, 5.41) is 10.8. The monoisotopic (exact) mass is 298 g/mol. The molecule has 0 radical (unpaired) electrons. The van der Waals surface area contributed by atoms with Crippen molar-refractivity contribution in [1.82, 2.24) is 4.31 Å². The Morgan fingerprint density at radius 1 is 1.35 bits per heavy atom. The molecule has 0 aliphatic carbocycles. The average Bonchev–Trinajstić information content (AvgIpc) is 2.39. The van der Waals surface area contributed by atoms with Gasteiger partial charge in [-0.2, -0.15) is 4.31 Å². The molecule has 7 heteroatoms. The van der Waals surface area contributed by atoms with Crippen LogP contribution >= 0.6 is 0 Å². The van der Waals surface area contributed by atoms with Crippen LogP contribution in [0, 0.1) is 17.0 Å². The fourth-order valence-electron chi connectivity index (χ4n) is 2.54. The maximum absolute atomic E-state index is 12.7. The summed E-state index contributed by atoms with van der Waals surface area (Å²) in [4.78, 5) is 10.3. The molecule has 1 heterocycles. The molecule has 1 aromatic carbocycles. The minimum Gasteiger partial charge on any atom is -0.258 e. The van der Waals surface area contributed by atoms with Crippen molar-refractivity contribution in [2.75, 3.05) is 6.54 Å². The normalized spacial score (nSPS) is 20.8. The van der Waals surface area contributed by atoms with E-state index in [1.807, 2.05) is 6.92 Å². The van der Waals surface area contributed by atoms with Crippen molar-refractivity contribution in [3.05, 3.63) is 33.9 Å². The summed E-state index contributed by atoms with van der Waals surface area (Å²) in [5.41, 5.74) is 0.340. The second kappa shape index (κ2) is 5.49. The summed E-state index contributed by atoms with van der Waals surface area (Å²) < 4.78 is 26.9. The van der Waals surface area contributed by atoms with Crippen LogP contribution in [0.1, 0.15) is 31.7 Å². The van der Waals surface area contributed by atoms with Gasteiger partial charge in [0.05, 0.1) is 9.82 Å². The topological polar surface area (TPSA) is 80.5 Å². The molecule has 0 amide bonds. The number of hydrogen-bond acceptors (Lipinski definition) is 4. The summed E-state index contributed by atoms with van der Waals surface area (Å²) >= 11 is 0. The fraction of sp³-hybridized carbons (Fsp3) is 0.538. The van der Waals surface area contributed by atoms with Gasteiger partial charge in [0.25, 0.3) is 5.69 Å². The summed E-state index contributed by atoms with van der Waals surface area (Å²) in [6, 6.07) is 3.91. The predicted octanol–water partition coefficient (Wildman–Crippen LogP) is 2.47. The maximum atomic E-state index is 12.7. The van der Waals surface area contributed by atoms with Crippen LogP contribution in [0.5, 0.6) is 0 Å². The number of sulfonamides is 1. The van der Waals surface area contributed by atoms with E-state index in [0.717, 1.165) is 25.3 Å². The van der Waals surface area contributed by atoms with Crippen molar-refractivity contribution in [2.45, 2.75) is 44.0 Å². The van der Waals surface area contributed by atoms with Crippen LogP contribution < -0.4 is 0 Å². The summed E-state index contributed by atoms with van der Waals surface area (Å²) in [6.45, 7) is 4.01. The average molecular weight is 298 g/mol. The molecule has 2 rings (SSSR count). The fourth-order valence-corrected chi connectivity index (χ4v) is 4.48. The molecule has 6 nitrogen and oxygen atoms in total. The molecule has 1 aliphatic rings. The van der Waals surface area contributed by atoms with Crippen LogP contribution in [-0.4, -0.2) is 30.2 Å². The number of nitrogens with zero attached hydrogens (tertiary/aromatic N) is 2. The van der Waals surface area contributed by atoms with E-state index in [1.54, 1.807) is 6.92 Å². The second-order valence-corrected chi connectivity index (χ2v) is 7.03. The van der Waals surface area contributed by atoms with Gasteiger partial charge in [0, 0.05) is 24.7 Å². The molecule has 110 valence electrons. The molecule has 1 unspecified atom stereocenters. The predicted molar refractivity (Wildman–Crippen MR) is 75.0 cm³/mol. The smallest absolute Gasteiger partial charge is 0.258 e. The van der Waals surface area contributed by atoms with Crippen molar-refractivity contribution in [1.29, 1.82) is 0 Å². The minimum atomic E-state index is -3.67. The van der Waals surface area contributed by atoms with Gasteiger partial charge in [-0.05, 0) is 32.3 Å². The molecule has 1 aromatic rings. The molecule has 0 saturated carbocycles. The van der Waals surface area contributed by atoms with Crippen LogP contribution in [0.15, 0.2) is 23.1 Å². The molecule has 0 spiro atoms. The van der Waals surface area contributed by atoms with E-state index in [4.69, 9.17) is 0 Å². The number of benzene rings is 1. The minimum absolute atomic E-state index is 0.0421. The molecule has 0 bridgehead atoms. The quantitative estimate of drug-likeness (QED) is 0.634. The lowest BCUT2D eigenvalue weighted by molar-refractivity contribution is -0.385. The highest BCUT2D eigenvalue weighted by molar-refractivity contribution is 7.89. The zero-order valence-electron chi connectivity index (χ0n) is 11.6. The first-order valence-electron chi connectivity index (χ1n) is 6.61. The van der Waals surface area contributed by atoms with E-state index in [0.29, 0.717) is 12.1 Å². The molecule has 1 saturated heterocycles. The molecule has 1 aliphatic heterocycles. The lowest BCUT2D eigenvalue weighted by atomic mass is 10.1. The number of hydrogen-bond donors (Lipinski definition) is 0. The van der Waals surface area contributed by atoms with Gasteiger partial charge in [-0.15, -0.1) is 0 Å². The standard InChI is InChI=1S/C13H18N2O4S/c1-10-6-7-12(15(16)17)9-13(10)20(18,19)14-8-4-3-5-11(14)2/h6-7,9,11H,3-5,8H2,1-2H3. The third kappa shape index (κ3) is 2.69. The first kappa shape index (κ1) is 14.9. The zero-order valence-corrected chi connectivity index (χ0v) is 12.4. The third-order valence-electron chi connectivity index (χ3n) is 3.71. The molecule has 0 aromatic heterocycles. The van der Waals surface area contributed by atoms with Crippen molar-refractivity contribution < 1.29 is 13.3 Å². The van der Waals surface area contributed by atoms with Crippen molar-refractivity contribution in [2.24, 2.45) is 0 Å². The molecular weight excluding hydrogens is 280 g/mol. The highest BCUT2D eigenvalue weighted by Crippen LogP contribution is 2.29. The van der Waals surface area contributed by atoms with Crippen molar-refractivity contribution in [3.8, 4) is 0 Å². The highest BCUT2D eigenvalue weighted by Gasteiger charge is 2.32. The number of nitro groups is 1. The van der Waals surface area contributed by atoms with Gasteiger partial charge in [-0.1, -0.05) is 12.5 Å². The number of piperidine rings is 1. The summed E-state index contributed by atoms with van der Waals surface area (Å²) in [6.07, 6.45) is 2.67. The van der Waals surface area contributed by atoms with E-state index >= 15 is 0 Å². The number of rotatable bonds is 3. The third-order valence-corrected chi connectivity index (χ3v) is 5.87. The Kier molecular flexibility index (Phi) is 4.10. The van der Waals surface area contributed by atoms with Gasteiger partial charge >= 0.3 is 0 Å². The maximum Gasteiger partial charge on any atom is 0.270 e. The van der Waals surface area contributed by atoms with E-state index in [2.05, 4.69) is 0 Å². The van der Waals surface area contributed by atoms with Crippen LogP contribution in [-0.2, 0) is 10.0 Å². The van der Waals surface area contributed by atoms with Crippen LogP contribution in [0.3, 0.4) is 0 Å². The van der Waals surface area contributed by atoms with Crippen molar-refractivity contribution >= 4 is 15.7 Å². The number of aryl methyl sites for hydroxylation is 1. The van der Waals surface area contributed by atoms with Crippen molar-refractivity contribution in [3.63, 3.8) is 0 Å². The molecule has 1 atom stereocenters. The Labute approximate surface area is 118 Å². The largest absolute Gasteiger partial charge is 0.270 e. The molecule has 20 heavy (non-hydrogen) atoms. The zero-order chi connectivity index (χ0) is 14.9. The van der Waals surface area contributed by atoms with E-state index in [9.17, 15) is 18.5 Å².